The van der Waals surface area contributed by atoms with E-state index in [4.69, 9.17) is 4.74 Å². The maximum Gasteiger partial charge on any atom is 0.306 e. The van der Waals surface area contributed by atoms with Crippen molar-refractivity contribution < 1.29 is 14.3 Å². The molecule has 3 atom stereocenters. The van der Waals surface area contributed by atoms with Crippen molar-refractivity contribution in [1.82, 2.24) is 0 Å². The summed E-state index contributed by atoms with van der Waals surface area (Å²) in [5, 5.41) is 4.98. The lowest BCUT2D eigenvalue weighted by atomic mass is 9.86. The quantitative estimate of drug-likeness (QED) is 0.834. The second-order valence-corrected chi connectivity index (χ2v) is 7.41. The lowest BCUT2D eigenvalue weighted by Crippen LogP contribution is -2.23. The minimum atomic E-state index is -0.295. The zero-order valence-electron chi connectivity index (χ0n) is 14.2. The fraction of sp³-hybridized carbons (Fsp3) is 0.429. The van der Waals surface area contributed by atoms with E-state index in [1.807, 2.05) is 42.5 Å². The Bertz CT molecular complexity index is 801. The lowest BCUT2D eigenvalue weighted by Gasteiger charge is -2.20. The standard InChI is InChI=1S/C21H23NO3/c23-20(22-19-8-7-15-3-1-2-4-16(15)11-19)13-25-21(24)12-18-10-14-5-6-17(18)9-14/h1-4,7-8,11,14,17-18H,5-6,9-10,12-13H2,(H,22,23)/t14-,17-,18-/m1/s1. The number of rotatable bonds is 5. The van der Waals surface area contributed by atoms with Crippen molar-refractivity contribution >= 4 is 28.3 Å². The smallest absolute Gasteiger partial charge is 0.306 e. The number of esters is 1. The second kappa shape index (κ2) is 6.87. The molecule has 4 heteroatoms. The Morgan fingerprint density at radius 1 is 1.04 bits per heavy atom. The highest BCUT2D eigenvalue weighted by Crippen LogP contribution is 2.49. The van der Waals surface area contributed by atoms with Crippen LogP contribution in [0.25, 0.3) is 10.8 Å². The first-order valence-corrected chi connectivity index (χ1v) is 9.11. The molecule has 1 N–H and O–H groups in total. The third-order valence-corrected chi connectivity index (χ3v) is 5.71. The minimum absolute atomic E-state index is 0.216. The SMILES string of the molecule is O=C(COC(=O)C[C@H]1C[C@@H]2CC[C@@H]1C2)Nc1ccc2ccccc2c1. The summed E-state index contributed by atoms with van der Waals surface area (Å²) in [6, 6.07) is 13.7. The molecular formula is C21H23NO3. The number of hydrogen-bond acceptors (Lipinski definition) is 3. The van der Waals surface area contributed by atoms with Gasteiger partial charge in [-0.25, -0.2) is 0 Å². The van der Waals surface area contributed by atoms with Gasteiger partial charge in [0.1, 0.15) is 0 Å². The number of fused-ring (bicyclic) bond motifs is 3. The molecule has 0 aromatic heterocycles. The third-order valence-electron chi connectivity index (χ3n) is 5.71. The molecule has 0 heterocycles. The van der Waals surface area contributed by atoms with Gasteiger partial charge in [-0.3, -0.25) is 9.59 Å². The van der Waals surface area contributed by atoms with E-state index in [-0.39, 0.29) is 18.5 Å². The molecule has 0 saturated heterocycles. The summed E-state index contributed by atoms with van der Waals surface area (Å²) in [6.45, 7) is -0.216. The number of carbonyl (C=O) groups is 2. The van der Waals surface area contributed by atoms with E-state index in [1.165, 1.54) is 19.3 Å². The fourth-order valence-electron chi connectivity index (χ4n) is 4.51. The summed E-state index contributed by atoms with van der Waals surface area (Å²) in [5.74, 6) is 1.44. The van der Waals surface area contributed by atoms with Gasteiger partial charge in [0, 0.05) is 12.1 Å². The van der Waals surface area contributed by atoms with Gasteiger partial charge in [0.25, 0.3) is 5.91 Å². The van der Waals surface area contributed by atoms with Gasteiger partial charge < -0.3 is 10.1 Å². The Labute approximate surface area is 147 Å². The van der Waals surface area contributed by atoms with Crippen molar-refractivity contribution in [3.8, 4) is 0 Å². The molecule has 2 fully saturated rings. The summed E-state index contributed by atoms with van der Waals surface area (Å²) in [6.07, 6.45) is 5.48. The zero-order valence-corrected chi connectivity index (χ0v) is 14.2. The van der Waals surface area contributed by atoms with Crippen molar-refractivity contribution in [1.29, 1.82) is 0 Å². The number of amides is 1. The van der Waals surface area contributed by atoms with E-state index in [1.54, 1.807) is 0 Å². The summed E-state index contributed by atoms with van der Waals surface area (Å²) in [5.41, 5.74) is 0.716. The van der Waals surface area contributed by atoms with Crippen LogP contribution in [0.2, 0.25) is 0 Å². The maximum atomic E-state index is 12.0. The van der Waals surface area contributed by atoms with Crippen molar-refractivity contribution in [2.75, 3.05) is 11.9 Å². The first-order chi connectivity index (χ1) is 12.2. The fourth-order valence-corrected chi connectivity index (χ4v) is 4.51. The predicted molar refractivity (Wildman–Crippen MR) is 97.1 cm³/mol. The van der Waals surface area contributed by atoms with Gasteiger partial charge >= 0.3 is 5.97 Å². The number of carbonyl (C=O) groups excluding carboxylic acids is 2. The van der Waals surface area contributed by atoms with E-state index in [9.17, 15) is 9.59 Å². The summed E-state index contributed by atoms with van der Waals surface area (Å²) in [7, 11) is 0. The van der Waals surface area contributed by atoms with Crippen LogP contribution < -0.4 is 5.32 Å². The molecule has 2 bridgehead atoms. The molecule has 2 aromatic rings. The molecule has 0 aliphatic heterocycles. The Balaban J connectivity index is 1.26. The monoisotopic (exact) mass is 337 g/mol. The van der Waals surface area contributed by atoms with Gasteiger partial charge in [-0.05, 0) is 59.9 Å². The maximum absolute atomic E-state index is 12.0. The molecule has 2 aliphatic carbocycles. The number of hydrogen-bond donors (Lipinski definition) is 1. The van der Waals surface area contributed by atoms with Gasteiger partial charge in [0.05, 0.1) is 0 Å². The average Bonchev–Trinajstić information content (AvgIpc) is 3.23. The van der Waals surface area contributed by atoms with E-state index in [0.717, 1.165) is 23.1 Å². The minimum Gasteiger partial charge on any atom is -0.456 e. The normalized spacial score (nSPS) is 24.4. The Morgan fingerprint density at radius 3 is 2.64 bits per heavy atom. The van der Waals surface area contributed by atoms with Crippen LogP contribution in [0, 0.1) is 17.8 Å². The number of ether oxygens (including phenoxy) is 1. The average molecular weight is 337 g/mol. The largest absolute Gasteiger partial charge is 0.456 e. The van der Waals surface area contributed by atoms with E-state index >= 15 is 0 Å². The Morgan fingerprint density at radius 2 is 1.88 bits per heavy atom. The molecule has 2 saturated carbocycles. The first kappa shape index (κ1) is 16.1. The van der Waals surface area contributed by atoms with Crippen molar-refractivity contribution in [2.45, 2.75) is 32.1 Å². The van der Waals surface area contributed by atoms with Crippen molar-refractivity contribution in [3.63, 3.8) is 0 Å². The van der Waals surface area contributed by atoms with Gasteiger partial charge in [-0.2, -0.15) is 0 Å². The molecule has 130 valence electrons. The number of nitrogens with one attached hydrogen (secondary N) is 1. The first-order valence-electron chi connectivity index (χ1n) is 9.11. The zero-order chi connectivity index (χ0) is 17.2. The summed E-state index contributed by atoms with van der Waals surface area (Å²) in [4.78, 5) is 24.0. The Kier molecular flexibility index (Phi) is 4.43. The highest BCUT2D eigenvalue weighted by molar-refractivity contribution is 5.95. The molecule has 0 radical (unpaired) electrons. The number of anilines is 1. The number of benzene rings is 2. The Hall–Kier alpha value is -2.36. The van der Waals surface area contributed by atoms with Gasteiger partial charge in [-0.15, -0.1) is 0 Å². The predicted octanol–water partition coefficient (Wildman–Crippen LogP) is 4.15. The van der Waals surface area contributed by atoms with Gasteiger partial charge in [0.15, 0.2) is 6.61 Å². The second-order valence-electron chi connectivity index (χ2n) is 7.41. The van der Waals surface area contributed by atoms with Crippen LogP contribution in [0.15, 0.2) is 42.5 Å². The highest BCUT2D eigenvalue weighted by Gasteiger charge is 2.40. The molecular weight excluding hydrogens is 314 g/mol. The van der Waals surface area contributed by atoms with Crippen LogP contribution in [0.3, 0.4) is 0 Å². The molecule has 0 spiro atoms. The highest BCUT2D eigenvalue weighted by atomic mass is 16.5. The van der Waals surface area contributed by atoms with Gasteiger partial charge in [-0.1, -0.05) is 36.8 Å². The molecule has 0 unspecified atom stereocenters. The van der Waals surface area contributed by atoms with E-state index in [0.29, 0.717) is 23.9 Å². The van der Waals surface area contributed by atoms with E-state index in [2.05, 4.69) is 5.32 Å². The third kappa shape index (κ3) is 3.68. The summed E-state index contributed by atoms with van der Waals surface area (Å²) < 4.78 is 5.18. The van der Waals surface area contributed by atoms with Crippen LogP contribution >= 0.6 is 0 Å². The molecule has 2 aliphatic rings. The lowest BCUT2D eigenvalue weighted by molar-refractivity contribution is -0.148. The summed E-state index contributed by atoms with van der Waals surface area (Å²) >= 11 is 0. The van der Waals surface area contributed by atoms with E-state index < -0.39 is 0 Å². The van der Waals surface area contributed by atoms with Crippen LogP contribution in [0.4, 0.5) is 5.69 Å². The molecule has 4 nitrogen and oxygen atoms in total. The van der Waals surface area contributed by atoms with Crippen LogP contribution in [0.1, 0.15) is 32.1 Å². The van der Waals surface area contributed by atoms with Crippen LogP contribution in [0.5, 0.6) is 0 Å². The van der Waals surface area contributed by atoms with Crippen molar-refractivity contribution in [2.24, 2.45) is 17.8 Å². The van der Waals surface area contributed by atoms with Crippen molar-refractivity contribution in [3.05, 3.63) is 42.5 Å². The molecule has 2 aromatic carbocycles. The molecule has 4 rings (SSSR count). The van der Waals surface area contributed by atoms with Crippen LogP contribution in [-0.2, 0) is 14.3 Å². The van der Waals surface area contributed by atoms with Crippen LogP contribution in [-0.4, -0.2) is 18.5 Å². The topological polar surface area (TPSA) is 55.4 Å². The van der Waals surface area contributed by atoms with Gasteiger partial charge in [0.2, 0.25) is 0 Å². The molecule has 25 heavy (non-hydrogen) atoms. The molecule has 1 amide bonds.